The number of nitrogens with zero attached hydrogens (tertiary/aromatic N) is 1. The van der Waals surface area contributed by atoms with E-state index in [9.17, 15) is 13.2 Å². The summed E-state index contributed by atoms with van der Waals surface area (Å²) in [6, 6.07) is 3.55. The number of nitrogens with one attached hydrogen (secondary N) is 2. The van der Waals surface area contributed by atoms with Gasteiger partial charge in [0.25, 0.3) is 0 Å². The van der Waals surface area contributed by atoms with Gasteiger partial charge in [-0.15, -0.1) is 0 Å². The number of carbonyl (C=O) groups excluding carboxylic acids is 1. The highest BCUT2D eigenvalue weighted by molar-refractivity contribution is 7.89. The summed E-state index contributed by atoms with van der Waals surface area (Å²) in [5, 5.41) is 2.60. The topological polar surface area (TPSA) is 88.2 Å². The van der Waals surface area contributed by atoms with Crippen molar-refractivity contribution < 1.29 is 13.2 Å². The van der Waals surface area contributed by atoms with Gasteiger partial charge in [0, 0.05) is 18.9 Å². The van der Waals surface area contributed by atoms with Gasteiger partial charge in [-0.05, 0) is 24.6 Å². The van der Waals surface area contributed by atoms with Gasteiger partial charge in [0.15, 0.2) is 0 Å². The van der Waals surface area contributed by atoms with Crippen molar-refractivity contribution >= 4 is 15.9 Å². The second-order valence-corrected chi connectivity index (χ2v) is 5.45. The number of hydrogen-bond acceptors (Lipinski definition) is 4. The number of carbonyl (C=O) groups is 1. The van der Waals surface area contributed by atoms with Crippen LogP contribution in [0, 0.1) is 0 Å². The van der Waals surface area contributed by atoms with E-state index >= 15 is 0 Å². The summed E-state index contributed by atoms with van der Waals surface area (Å²) in [6.07, 6.45) is 3.25. The molecule has 17 heavy (non-hydrogen) atoms. The summed E-state index contributed by atoms with van der Waals surface area (Å²) < 4.78 is 24.3. The Bertz CT molecular complexity index is 459. The lowest BCUT2D eigenvalue weighted by atomic mass is 10.3. The van der Waals surface area contributed by atoms with Crippen LogP contribution < -0.4 is 10.0 Å². The molecular weight excluding hydrogens is 242 g/mol. The third kappa shape index (κ3) is 5.41. The highest BCUT2D eigenvalue weighted by Gasteiger charge is 2.08. The van der Waals surface area contributed by atoms with Crippen LogP contribution in [0.15, 0.2) is 24.5 Å². The van der Waals surface area contributed by atoms with Crippen molar-refractivity contribution in [3.05, 3.63) is 30.1 Å². The molecule has 1 rings (SSSR count). The molecule has 94 valence electrons. The molecule has 1 amide bonds. The fourth-order valence-corrected chi connectivity index (χ4v) is 1.60. The quantitative estimate of drug-likeness (QED) is 0.728. The van der Waals surface area contributed by atoms with E-state index in [0.29, 0.717) is 6.54 Å². The first-order valence-electron chi connectivity index (χ1n) is 5.16. The number of aromatic nitrogens is 1. The van der Waals surface area contributed by atoms with E-state index in [0.717, 1.165) is 5.56 Å². The van der Waals surface area contributed by atoms with E-state index in [2.05, 4.69) is 15.0 Å². The van der Waals surface area contributed by atoms with Crippen molar-refractivity contribution in [1.29, 1.82) is 0 Å². The minimum absolute atomic E-state index is 0.0371. The molecule has 0 radical (unpaired) electrons. The van der Waals surface area contributed by atoms with E-state index in [-0.39, 0.29) is 18.2 Å². The summed E-state index contributed by atoms with van der Waals surface area (Å²) in [7, 11) is -3.32. The van der Waals surface area contributed by atoms with Gasteiger partial charge >= 0.3 is 0 Å². The number of amides is 1. The first kappa shape index (κ1) is 13.6. The first-order valence-corrected chi connectivity index (χ1v) is 6.81. The molecule has 0 aliphatic heterocycles. The Balaban J connectivity index is 2.32. The molecule has 7 heteroatoms. The van der Waals surface area contributed by atoms with Gasteiger partial charge in [0.2, 0.25) is 15.9 Å². The minimum atomic E-state index is -3.32. The van der Waals surface area contributed by atoms with Crippen LogP contribution in [0.25, 0.3) is 0 Å². The first-order chi connectivity index (χ1) is 8.03. The van der Waals surface area contributed by atoms with Crippen molar-refractivity contribution in [3.8, 4) is 0 Å². The molecule has 1 aromatic rings. The van der Waals surface area contributed by atoms with Crippen LogP contribution in [0.1, 0.15) is 12.5 Å². The van der Waals surface area contributed by atoms with Gasteiger partial charge in [-0.1, -0.05) is 0 Å². The van der Waals surface area contributed by atoms with Crippen LogP contribution in [-0.4, -0.2) is 31.6 Å². The molecule has 0 fully saturated rings. The minimum Gasteiger partial charge on any atom is -0.351 e. The molecule has 1 heterocycles. The average molecular weight is 257 g/mol. The van der Waals surface area contributed by atoms with Crippen LogP contribution in [-0.2, 0) is 21.4 Å². The monoisotopic (exact) mass is 257 g/mol. The maximum atomic E-state index is 11.3. The zero-order valence-electron chi connectivity index (χ0n) is 9.51. The van der Waals surface area contributed by atoms with Gasteiger partial charge in [-0.25, -0.2) is 13.1 Å². The van der Waals surface area contributed by atoms with Gasteiger partial charge < -0.3 is 5.32 Å². The van der Waals surface area contributed by atoms with E-state index in [1.807, 2.05) is 0 Å². The lowest BCUT2D eigenvalue weighted by molar-refractivity contribution is -0.120. The van der Waals surface area contributed by atoms with E-state index in [1.54, 1.807) is 24.5 Å². The highest BCUT2D eigenvalue weighted by atomic mass is 32.2. The lowest BCUT2D eigenvalue weighted by Crippen LogP contribution is -2.37. The van der Waals surface area contributed by atoms with Gasteiger partial charge in [0.1, 0.15) is 0 Å². The normalized spacial score (nSPS) is 11.1. The predicted octanol–water partition coefficient (Wildman–Crippen LogP) is -0.363. The molecule has 0 aromatic carbocycles. The van der Waals surface area contributed by atoms with Crippen molar-refractivity contribution in [1.82, 2.24) is 15.0 Å². The van der Waals surface area contributed by atoms with Crippen molar-refractivity contribution in [2.45, 2.75) is 13.5 Å². The smallest absolute Gasteiger partial charge is 0.235 e. The summed E-state index contributed by atoms with van der Waals surface area (Å²) in [4.78, 5) is 15.2. The zero-order valence-corrected chi connectivity index (χ0v) is 10.3. The summed E-state index contributed by atoms with van der Waals surface area (Å²) in [6.45, 7) is 1.63. The number of pyridine rings is 1. The molecule has 0 spiro atoms. The molecule has 0 aliphatic carbocycles. The van der Waals surface area contributed by atoms with Crippen LogP contribution in [0.3, 0.4) is 0 Å². The molecule has 0 aliphatic rings. The van der Waals surface area contributed by atoms with E-state index < -0.39 is 10.0 Å². The molecule has 0 bridgehead atoms. The SMILES string of the molecule is CCS(=O)(=O)NCC(=O)NCc1ccncc1. The summed E-state index contributed by atoms with van der Waals surface area (Å²) in [5.41, 5.74) is 0.909. The van der Waals surface area contributed by atoms with Crippen molar-refractivity contribution in [3.63, 3.8) is 0 Å². The van der Waals surface area contributed by atoms with Crippen LogP contribution in [0.2, 0.25) is 0 Å². The van der Waals surface area contributed by atoms with Crippen LogP contribution in [0.4, 0.5) is 0 Å². The van der Waals surface area contributed by atoms with Gasteiger partial charge in [-0.3, -0.25) is 9.78 Å². The Hall–Kier alpha value is -1.47. The maximum absolute atomic E-state index is 11.3. The molecule has 6 nitrogen and oxygen atoms in total. The summed E-state index contributed by atoms with van der Waals surface area (Å²) >= 11 is 0. The Morgan fingerprint density at radius 1 is 1.35 bits per heavy atom. The predicted molar refractivity (Wildman–Crippen MR) is 63.5 cm³/mol. The van der Waals surface area contributed by atoms with Crippen molar-refractivity contribution in [2.75, 3.05) is 12.3 Å². The van der Waals surface area contributed by atoms with E-state index in [1.165, 1.54) is 6.92 Å². The number of sulfonamides is 1. The average Bonchev–Trinajstić information content (AvgIpc) is 2.35. The second-order valence-electron chi connectivity index (χ2n) is 3.36. The lowest BCUT2D eigenvalue weighted by Gasteiger charge is -2.06. The molecule has 1 aromatic heterocycles. The standard InChI is InChI=1S/C10H15N3O3S/c1-2-17(15,16)13-8-10(14)12-7-9-3-5-11-6-4-9/h3-6,13H,2,7-8H2,1H3,(H,12,14). The molecule has 0 saturated heterocycles. The third-order valence-electron chi connectivity index (χ3n) is 2.07. The van der Waals surface area contributed by atoms with Crippen LogP contribution >= 0.6 is 0 Å². The molecule has 0 unspecified atom stereocenters. The fraction of sp³-hybridized carbons (Fsp3) is 0.400. The molecular formula is C10H15N3O3S. The maximum Gasteiger partial charge on any atom is 0.235 e. The van der Waals surface area contributed by atoms with Gasteiger partial charge in [0.05, 0.1) is 12.3 Å². The van der Waals surface area contributed by atoms with Crippen LogP contribution in [0.5, 0.6) is 0 Å². The van der Waals surface area contributed by atoms with E-state index in [4.69, 9.17) is 0 Å². The molecule has 2 N–H and O–H groups in total. The Morgan fingerprint density at radius 2 is 2.00 bits per heavy atom. The number of hydrogen-bond donors (Lipinski definition) is 2. The zero-order chi connectivity index (χ0) is 12.7. The summed E-state index contributed by atoms with van der Waals surface area (Å²) in [5.74, 6) is -0.399. The Labute approximate surface area is 100 Å². The second kappa shape index (κ2) is 6.31. The Morgan fingerprint density at radius 3 is 2.59 bits per heavy atom. The molecule has 0 atom stereocenters. The number of rotatable bonds is 6. The highest BCUT2D eigenvalue weighted by Crippen LogP contribution is 1.94. The molecule has 0 saturated carbocycles. The van der Waals surface area contributed by atoms with Gasteiger partial charge in [-0.2, -0.15) is 0 Å². The third-order valence-corrected chi connectivity index (χ3v) is 3.42. The fourth-order valence-electron chi connectivity index (χ4n) is 1.04. The van der Waals surface area contributed by atoms with Crippen molar-refractivity contribution in [2.24, 2.45) is 0 Å². The largest absolute Gasteiger partial charge is 0.351 e. The Kier molecular flexibility index (Phi) is 5.05.